The quantitative estimate of drug-likeness (QED) is 0.700. The summed E-state index contributed by atoms with van der Waals surface area (Å²) in [6.45, 7) is 0. The molecule has 7 heteroatoms. The van der Waals surface area contributed by atoms with Crippen molar-refractivity contribution >= 4 is 47.8 Å². The third-order valence-electron chi connectivity index (χ3n) is 2.91. The highest BCUT2D eigenvalue weighted by molar-refractivity contribution is 9.11. The first-order valence-corrected chi connectivity index (χ1v) is 8.26. The first-order valence-electron chi connectivity index (χ1n) is 5.89. The maximum absolute atomic E-state index is 10.6. The zero-order valence-electron chi connectivity index (χ0n) is 11.2. The number of ether oxygens (including phenoxy) is 2. The number of halogens is 3. The van der Waals surface area contributed by atoms with Gasteiger partial charge in [-0.1, -0.05) is 0 Å². The van der Waals surface area contributed by atoms with Crippen LogP contribution in [-0.2, 0) is 0 Å². The van der Waals surface area contributed by atoms with Crippen molar-refractivity contribution in [2.24, 2.45) is 0 Å². The van der Waals surface area contributed by atoms with E-state index in [1.165, 1.54) is 0 Å². The zero-order chi connectivity index (χ0) is 15.6. The van der Waals surface area contributed by atoms with Crippen LogP contribution in [0.4, 0.5) is 0 Å². The maximum Gasteiger partial charge on any atom is 0.143 e. The summed E-state index contributed by atoms with van der Waals surface area (Å²) < 4.78 is 12.8. The van der Waals surface area contributed by atoms with Gasteiger partial charge in [0.25, 0.3) is 0 Å². The molecule has 4 nitrogen and oxygen atoms in total. The molecule has 1 unspecified atom stereocenters. The molecular weight excluding hydrogens is 470 g/mol. The minimum absolute atomic E-state index is 0.508. The van der Waals surface area contributed by atoms with Crippen LogP contribution in [0, 0.1) is 0 Å². The summed E-state index contributed by atoms with van der Waals surface area (Å²) in [5, 5.41) is 10.6. The van der Waals surface area contributed by atoms with Gasteiger partial charge >= 0.3 is 0 Å². The molecule has 112 valence electrons. The van der Waals surface area contributed by atoms with E-state index in [0.717, 1.165) is 4.47 Å². The largest absolute Gasteiger partial charge is 0.495 e. The number of rotatable bonds is 4. The van der Waals surface area contributed by atoms with Crippen LogP contribution in [0.5, 0.6) is 11.5 Å². The molecule has 0 saturated heterocycles. The van der Waals surface area contributed by atoms with E-state index in [1.54, 1.807) is 32.5 Å². The van der Waals surface area contributed by atoms with Crippen LogP contribution < -0.4 is 9.47 Å². The number of benzene rings is 1. The van der Waals surface area contributed by atoms with Gasteiger partial charge in [0.1, 0.15) is 22.1 Å². The highest BCUT2D eigenvalue weighted by Crippen LogP contribution is 2.42. The van der Waals surface area contributed by atoms with Gasteiger partial charge in [0.2, 0.25) is 0 Å². The van der Waals surface area contributed by atoms with E-state index in [0.29, 0.717) is 31.7 Å². The first kappa shape index (κ1) is 16.7. The molecule has 0 aliphatic carbocycles. The molecule has 0 amide bonds. The monoisotopic (exact) mass is 479 g/mol. The van der Waals surface area contributed by atoms with Gasteiger partial charge in [-0.15, -0.1) is 0 Å². The lowest BCUT2D eigenvalue weighted by Crippen LogP contribution is -2.06. The summed E-state index contributed by atoms with van der Waals surface area (Å²) in [6, 6.07) is 5.35. The van der Waals surface area contributed by atoms with Crippen molar-refractivity contribution in [3.05, 3.63) is 49.1 Å². The molecule has 0 spiro atoms. The highest BCUT2D eigenvalue weighted by atomic mass is 79.9. The zero-order valence-corrected chi connectivity index (χ0v) is 16.0. The summed E-state index contributed by atoms with van der Waals surface area (Å²) in [5.41, 5.74) is 1.11. The molecule has 0 bridgehead atoms. The van der Waals surface area contributed by atoms with Crippen molar-refractivity contribution in [2.75, 3.05) is 14.2 Å². The van der Waals surface area contributed by atoms with Crippen molar-refractivity contribution in [3.8, 4) is 11.5 Å². The van der Waals surface area contributed by atoms with E-state index < -0.39 is 6.10 Å². The van der Waals surface area contributed by atoms with Gasteiger partial charge in [-0.2, -0.15) is 0 Å². The average Bonchev–Trinajstić information content (AvgIpc) is 2.46. The number of aliphatic hydroxyl groups excluding tert-OH is 1. The summed E-state index contributed by atoms with van der Waals surface area (Å²) in [6.07, 6.45) is 0.707. The Hall–Kier alpha value is -0.630. The Morgan fingerprint density at radius 2 is 1.86 bits per heavy atom. The van der Waals surface area contributed by atoms with Crippen LogP contribution in [0.25, 0.3) is 0 Å². The van der Waals surface area contributed by atoms with Crippen molar-refractivity contribution in [2.45, 2.75) is 6.10 Å². The Morgan fingerprint density at radius 3 is 2.43 bits per heavy atom. The number of methoxy groups -OCH3 is 2. The van der Waals surface area contributed by atoms with E-state index in [-0.39, 0.29) is 0 Å². The molecule has 0 radical (unpaired) electrons. The molecule has 0 aliphatic heterocycles. The number of nitrogens with zero attached hydrogens (tertiary/aromatic N) is 1. The SMILES string of the molecule is COc1ccc(C(O)c2ncc(Br)cc2Br)c(OC)c1Br. The molecule has 1 N–H and O–H groups in total. The maximum atomic E-state index is 10.6. The normalized spacial score (nSPS) is 12.1. The van der Waals surface area contributed by atoms with Crippen LogP contribution in [0.15, 0.2) is 37.8 Å². The van der Waals surface area contributed by atoms with Crippen LogP contribution in [-0.4, -0.2) is 24.3 Å². The molecule has 21 heavy (non-hydrogen) atoms. The molecule has 2 aromatic rings. The molecular formula is C14H12Br3NO3. The molecule has 1 aromatic heterocycles. The van der Waals surface area contributed by atoms with E-state index >= 15 is 0 Å². The molecule has 1 aromatic carbocycles. The smallest absolute Gasteiger partial charge is 0.143 e. The van der Waals surface area contributed by atoms with Crippen molar-refractivity contribution < 1.29 is 14.6 Å². The summed E-state index contributed by atoms with van der Waals surface area (Å²) in [5.74, 6) is 1.14. The third kappa shape index (κ3) is 3.41. The average molecular weight is 482 g/mol. The molecule has 1 heterocycles. The standard InChI is InChI=1S/C14H12Br3NO3/c1-20-10-4-3-8(14(21-2)11(10)17)13(19)12-9(16)5-7(15)6-18-12/h3-6,13,19H,1-2H3. The van der Waals surface area contributed by atoms with E-state index in [2.05, 4.69) is 52.8 Å². The number of hydrogen-bond donors (Lipinski definition) is 1. The van der Waals surface area contributed by atoms with E-state index in [9.17, 15) is 5.11 Å². The van der Waals surface area contributed by atoms with Gasteiger partial charge in [0.05, 0.1) is 19.9 Å². The third-order valence-corrected chi connectivity index (χ3v) is 4.73. The van der Waals surface area contributed by atoms with E-state index in [1.807, 2.05) is 6.07 Å². The first-order chi connectivity index (χ1) is 9.99. The Morgan fingerprint density at radius 1 is 1.14 bits per heavy atom. The van der Waals surface area contributed by atoms with Crippen LogP contribution in [0.1, 0.15) is 17.4 Å². The second-order valence-corrected chi connectivity index (χ2v) is 6.69. The second kappa shape index (κ2) is 7.09. The molecule has 2 rings (SSSR count). The molecule has 1 atom stereocenters. The van der Waals surface area contributed by atoms with Crippen LogP contribution >= 0.6 is 47.8 Å². The van der Waals surface area contributed by atoms with E-state index in [4.69, 9.17) is 9.47 Å². The van der Waals surface area contributed by atoms with Gasteiger partial charge in [-0.05, 0) is 66.0 Å². The summed E-state index contributed by atoms with van der Waals surface area (Å²) in [7, 11) is 3.11. The molecule has 0 aliphatic rings. The molecule has 0 saturated carbocycles. The van der Waals surface area contributed by atoms with Gasteiger partial charge in [0, 0.05) is 20.7 Å². The van der Waals surface area contributed by atoms with Crippen LogP contribution in [0.3, 0.4) is 0 Å². The Bertz CT molecular complexity index is 664. The topological polar surface area (TPSA) is 51.6 Å². The van der Waals surface area contributed by atoms with Crippen molar-refractivity contribution in [1.29, 1.82) is 0 Å². The van der Waals surface area contributed by atoms with Gasteiger partial charge < -0.3 is 14.6 Å². The van der Waals surface area contributed by atoms with Crippen LogP contribution in [0.2, 0.25) is 0 Å². The molecule has 0 fully saturated rings. The predicted octanol–water partition coefficient (Wildman–Crippen LogP) is 4.47. The lowest BCUT2D eigenvalue weighted by Gasteiger charge is -2.18. The highest BCUT2D eigenvalue weighted by Gasteiger charge is 2.22. The fraction of sp³-hybridized carbons (Fsp3) is 0.214. The van der Waals surface area contributed by atoms with Crippen molar-refractivity contribution in [1.82, 2.24) is 4.98 Å². The fourth-order valence-corrected chi connectivity index (χ4v) is 3.80. The number of pyridine rings is 1. The minimum Gasteiger partial charge on any atom is -0.495 e. The predicted molar refractivity (Wildman–Crippen MR) is 90.9 cm³/mol. The Kier molecular flexibility index (Phi) is 5.65. The summed E-state index contributed by atoms with van der Waals surface area (Å²) >= 11 is 10.2. The minimum atomic E-state index is -0.926. The number of aromatic nitrogens is 1. The van der Waals surface area contributed by atoms with Crippen molar-refractivity contribution in [3.63, 3.8) is 0 Å². The van der Waals surface area contributed by atoms with Gasteiger partial charge in [0.15, 0.2) is 0 Å². The lowest BCUT2D eigenvalue weighted by molar-refractivity contribution is 0.208. The lowest BCUT2D eigenvalue weighted by atomic mass is 10.0. The second-order valence-electron chi connectivity index (χ2n) is 4.13. The fourth-order valence-electron chi connectivity index (χ4n) is 1.91. The number of aliphatic hydroxyl groups is 1. The Balaban J connectivity index is 2.52. The van der Waals surface area contributed by atoms with Gasteiger partial charge in [-0.25, -0.2) is 0 Å². The van der Waals surface area contributed by atoms with Gasteiger partial charge in [-0.3, -0.25) is 4.98 Å². The summed E-state index contributed by atoms with van der Waals surface area (Å²) in [4.78, 5) is 4.26. The number of hydrogen-bond acceptors (Lipinski definition) is 4. The Labute approximate surface area is 147 Å².